The third kappa shape index (κ3) is 1.90. The molecule has 1 heterocycles. The van der Waals surface area contributed by atoms with Gasteiger partial charge >= 0.3 is 5.97 Å². The molecule has 0 atom stereocenters. The molecule has 2 N–H and O–H groups in total. The number of carboxylic acids is 1. The minimum absolute atomic E-state index is 0.0621. The zero-order chi connectivity index (χ0) is 11.0. The van der Waals surface area contributed by atoms with Gasteiger partial charge in [0.25, 0.3) is 0 Å². The third-order valence-corrected chi connectivity index (χ3v) is 3.35. The number of nitrogens with one attached hydrogen (secondary N) is 1. The van der Waals surface area contributed by atoms with Gasteiger partial charge in [0.2, 0.25) is 0 Å². The van der Waals surface area contributed by atoms with Crippen molar-refractivity contribution in [1.29, 1.82) is 0 Å². The molecule has 78 valence electrons. The van der Waals surface area contributed by atoms with E-state index in [4.69, 9.17) is 5.11 Å². The summed E-state index contributed by atoms with van der Waals surface area (Å²) in [6.07, 6.45) is 0.0621. The normalized spacial score (nSPS) is 10.8. The zero-order valence-corrected chi connectivity index (χ0v) is 9.76. The van der Waals surface area contributed by atoms with E-state index in [-0.39, 0.29) is 6.42 Å². The number of halogens is 1. The lowest BCUT2D eigenvalue weighted by molar-refractivity contribution is -0.136. The van der Waals surface area contributed by atoms with Crippen molar-refractivity contribution in [2.45, 2.75) is 13.3 Å². The Bertz CT molecular complexity index is 531. The summed E-state index contributed by atoms with van der Waals surface area (Å²) in [6, 6.07) is 5.64. The fourth-order valence-electron chi connectivity index (χ4n) is 1.63. The van der Waals surface area contributed by atoms with Crippen LogP contribution >= 0.6 is 15.9 Å². The van der Waals surface area contributed by atoms with Gasteiger partial charge in [0.1, 0.15) is 0 Å². The van der Waals surface area contributed by atoms with Crippen molar-refractivity contribution >= 4 is 32.8 Å². The van der Waals surface area contributed by atoms with Crippen LogP contribution in [0.25, 0.3) is 10.9 Å². The van der Waals surface area contributed by atoms with Gasteiger partial charge in [-0.15, -0.1) is 0 Å². The van der Waals surface area contributed by atoms with Gasteiger partial charge in [0.05, 0.1) is 6.42 Å². The fraction of sp³-hybridized carbons (Fsp3) is 0.182. The van der Waals surface area contributed by atoms with E-state index in [1.54, 1.807) is 0 Å². The minimum atomic E-state index is -0.808. The lowest BCUT2D eigenvalue weighted by Crippen LogP contribution is -1.99. The van der Waals surface area contributed by atoms with Crippen LogP contribution in [-0.2, 0) is 11.2 Å². The van der Waals surface area contributed by atoms with Crippen LogP contribution in [0.1, 0.15) is 11.3 Å². The van der Waals surface area contributed by atoms with E-state index in [0.29, 0.717) is 0 Å². The highest BCUT2D eigenvalue weighted by Gasteiger charge is 2.07. The van der Waals surface area contributed by atoms with Crippen LogP contribution in [0.2, 0.25) is 0 Å². The molecule has 3 nitrogen and oxygen atoms in total. The summed E-state index contributed by atoms with van der Waals surface area (Å²) in [4.78, 5) is 13.8. The van der Waals surface area contributed by atoms with Gasteiger partial charge in [-0.1, -0.05) is 6.07 Å². The van der Waals surface area contributed by atoms with Crippen LogP contribution in [0, 0.1) is 6.92 Å². The molecule has 4 heteroatoms. The van der Waals surface area contributed by atoms with Crippen LogP contribution in [-0.4, -0.2) is 16.1 Å². The summed E-state index contributed by atoms with van der Waals surface area (Å²) in [6.45, 7) is 1.97. The highest BCUT2D eigenvalue weighted by Crippen LogP contribution is 2.28. The Labute approximate surface area is 95.2 Å². The molecular weight excluding hydrogens is 258 g/mol. The van der Waals surface area contributed by atoms with Crippen LogP contribution in [0.4, 0.5) is 0 Å². The van der Waals surface area contributed by atoms with Gasteiger partial charge in [-0.3, -0.25) is 4.79 Å². The van der Waals surface area contributed by atoms with E-state index >= 15 is 0 Å². The Kier molecular flexibility index (Phi) is 2.52. The summed E-state index contributed by atoms with van der Waals surface area (Å²) < 4.78 is 1.00. The number of carboxylic acid groups (broad SMARTS) is 1. The van der Waals surface area contributed by atoms with Gasteiger partial charge in [0.15, 0.2) is 0 Å². The molecule has 0 saturated heterocycles. The number of hydrogen-bond donors (Lipinski definition) is 2. The smallest absolute Gasteiger partial charge is 0.307 e. The molecule has 0 fully saturated rings. The van der Waals surface area contributed by atoms with Crippen molar-refractivity contribution in [3.8, 4) is 0 Å². The number of fused-ring (bicyclic) bond motifs is 1. The van der Waals surface area contributed by atoms with E-state index in [0.717, 1.165) is 26.6 Å². The van der Waals surface area contributed by atoms with Crippen LogP contribution in [0.3, 0.4) is 0 Å². The van der Waals surface area contributed by atoms with E-state index in [2.05, 4.69) is 20.9 Å². The molecule has 0 saturated carbocycles. The number of aromatic amines is 1. The molecule has 0 spiro atoms. The van der Waals surface area contributed by atoms with Gasteiger partial charge in [0, 0.05) is 21.1 Å². The van der Waals surface area contributed by atoms with Crippen LogP contribution in [0.5, 0.6) is 0 Å². The van der Waals surface area contributed by atoms with Crippen molar-refractivity contribution in [3.63, 3.8) is 0 Å². The Morgan fingerprint density at radius 1 is 1.53 bits per heavy atom. The lowest BCUT2D eigenvalue weighted by atomic mass is 10.1. The highest BCUT2D eigenvalue weighted by atomic mass is 79.9. The second-order valence-electron chi connectivity index (χ2n) is 3.51. The topological polar surface area (TPSA) is 53.1 Å². The van der Waals surface area contributed by atoms with Crippen LogP contribution in [0.15, 0.2) is 22.7 Å². The molecule has 0 unspecified atom stereocenters. The van der Waals surface area contributed by atoms with E-state index in [1.165, 1.54) is 0 Å². The van der Waals surface area contributed by atoms with Crippen LogP contribution < -0.4 is 0 Å². The number of carbonyl (C=O) groups is 1. The summed E-state index contributed by atoms with van der Waals surface area (Å²) in [5, 5.41) is 9.73. The lowest BCUT2D eigenvalue weighted by Gasteiger charge is -1.97. The molecule has 0 bridgehead atoms. The summed E-state index contributed by atoms with van der Waals surface area (Å²) in [7, 11) is 0. The standard InChI is InChI=1S/C11H10BrNO2/c1-6-11(12)8-4-7(5-10(14)15)2-3-9(8)13-6/h2-4,13H,5H2,1H3,(H,14,15). The zero-order valence-electron chi connectivity index (χ0n) is 8.17. The second-order valence-corrected chi connectivity index (χ2v) is 4.31. The maximum atomic E-state index is 10.6. The average Bonchev–Trinajstić information content (AvgIpc) is 2.43. The molecule has 0 aliphatic heterocycles. The Morgan fingerprint density at radius 2 is 2.27 bits per heavy atom. The number of hydrogen-bond acceptors (Lipinski definition) is 1. The predicted octanol–water partition coefficient (Wildman–Crippen LogP) is 2.87. The number of aliphatic carboxylic acids is 1. The fourth-order valence-corrected chi connectivity index (χ4v) is 2.05. The van der Waals surface area contributed by atoms with Crippen molar-refractivity contribution < 1.29 is 9.90 Å². The number of aromatic nitrogens is 1. The highest BCUT2D eigenvalue weighted by molar-refractivity contribution is 9.10. The largest absolute Gasteiger partial charge is 0.481 e. The van der Waals surface area contributed by atoms with Gasteiger partial charge < -0.3 is 10.1 Å². The first-order valence-corrected chi connectivity index (χ1v) is 5.35. The van der Waals surface area contributed by atoms with Gasteiger partial charge in [-0.2, -0.15) is 0 Å². The average molecular weight is 268 g/mol. The molecule has 15 heavy (non-hydrogen) atoms. The number of H-pyrrole nitrogens is 1. The molecule has 1 aromatic heterocycles. The summed E-state index contributed by atoms with van der Waals surface area (Å²) in [5.74, 6) is -0.808. The van der Waals surface area contributed by atoms with Gasteiger partial charge in [-0.25, -0.2) is 0 Å². The third-order valence-electron chi connectivity index (χ3n) is 2.33. The van der Waals surface area contributed by atoms with E-state index in [9.17, 15) is 4.79 Å². The molecular formula is C11H10BrNO2. The molecule has 1 aromatic carbocycles. The Balaban J connectivity index is 2.54. The van der Waals surface area contributed by atoms with E-state index in [1.807, 2.05) is 25.1 Å². The SMILES string of the molecule is Cc1[nH]c2ccc(CC(=O)O)cc2c1Br. The number of rotatable bonds is 2. The maximum absolute atomic E-state index is 10.6. The summed E-state index contributed by atoms with van der Waals surface area (Å²) in [5.41, 5.74) is 2.89. The molecule has 0 radical (unpaired) electrons. The predicted molar refractivity (Wildman–Crippen MR) is 62.1 cm³/mol. The molecule has 0 amide bonds. The van der Waals surface area contributed by atoms with Crippen molar-refractivity contribution in [1.82, 2.24) is 4.98 Å². The minimum Gasteiger partial charge on any atom is -0.481 e. The molecule has 0 aliphatic rings. The first-order valence-electron chi connectivity index (χ1n) is 4.56. The van der Waals surface area contributed by atoms with Crippen molar-refractivity contribution in [2.24, 2.45) is 0 Å². The molecule has 2 aromatic rings. The monoisotopic (exact) mass is 267 g/mol. The first kappa shape index (κ1) is 10.2. The number of benzene rings is 1. The first-order chi connectivity index (χ1) is 7.08. The maximum Gasteiger partial charge on any atom is 0.307 e. The number of aryl methyl sites for hydroxylation is 1. The molecule has 0 aliphatic carbocycles. The second kappa shape index (κ2) is 3.70. The molecule has 2 rings (SSSR count). The Hall–Kier alpha value is -1.29. The van der Waals surface area contributed by atoms with Crippen molar-refractivity contribution in [3.05, 3.63) is 33.9 Å². The summed E-state index contributed by atoms with van der Waals surface area (Å²) >= 11 is 3.47. The van der Waals surface area contributed by atoms with Crippen molar-refractivity contribution in [2.75, 3.05) is 0 Å². The Morgan fingerprint density at radius 3 is 2.93 bits per heavy atom. The quantitative estimate of drug-likeness (QED) is 0.879. The van der Waals surface area contributed by atoms with Gasteiger partial charge in [-0.05, 0) is 40.5 Å². The van der Waals surface area contributed by atoms with E-state index < -0.39 is 5.97 Å².